The number of rotatable bonds is 0. The average Bonchev–Trinajstić information content (AvgIpc) is 0. The molecule has 11 heteroatoms. The Morgan fingerprint density at radius 3 is 0.909 bits per heavy atom. The van der Waals surface area contributed by atoms with Crippen LogP contribution in [0.15, 0.2) is 0 Å². The second kappa shape index (κ2) is 95.9. The Labute approximate surface area is 204 Å². The molecule has 7 radical (unpaired) electrons. The molecule has 71 valence electrons. The first kappa shape index (κ1) is 115. The molecule has 0 unspecified atom stereocenters. The molecule has 0 aromatic rings. The van der Waals surface area contributed by atoms with Crippen molar-refractivity contribution in [3.05, 3.63) is 0 Å². The molecule has 0 aromatic carbocycles. The summed E-state index contributed by atoms with van der Waals surface area (Å²) in [7, 11) is 0. The van der Waals surface area contributed by atoms with Crippen LogP contribution in [-0.2, 0) is 109 Å². The van der Waals surface area contributed by atoms with Crippen molar-refractivity contribution in [1.82, 2.24) is 0 Å². The largest absolute Gasteiger partial charge is 0.0125 e. The van der Waals surface area contributed by atoms with Crippen molar-refractivity contribution in [2.75, 3.05) is 0 Å². The first-order valence-corrected chi connectivity index (χ1v) is 0. The van der Waals surface area contributed by atoms with E-state index in [1.165, 1.54) is 0 Å². The maximum atomic E-state index is 0. The summed E-state index contributed by atoms with van der Waals surface area (Å²) in [5.74, 6) is 0. The molecule has 0 aliphatic carbocycles. The van der Waals surface area contributed by atoms with Gasteiger partial charge in [0.05, 0.1) is 0 Å². The maximum absolute atomic E-state index is 0. The molecule has 0 bridgehead atoms. The molecule has 0 rings (SSSR count). The van der Waals surface area contributed by atoms with E-state index in [4.69, 9.17) is 0 Å². The van der Waals surface area contributed by atoms with Crippen LogP contribution in [0, 0.1) is 37.3 Å². The van der Waals surface area contributed by atoms with Crippen molar-refractivity contribution in [2.24, 2.45) is 0 Å². The monoisotopic (exact) mass is 673 g/mol. The van der Waals surface area contributed by atoms with Crippen LogP contribution in [0.4, 0.5) is 0 Å². The van der Waals surface area contributed by atoms with E-state index in [9.17, 15) is 0 Å². The summed E-state index contributed by atoms with van der Waals surface area (Å²) in [6.45, 7) is 0. The summed E-state index contributed by atoms with van der Waals surface area (Å²) in [5.41, 5.74) is 0. The Morgan fingerprint density at radius 2 is 0.909 bits per heavy atom. The smallest absolute Gasteiger partial charge is 0 e. The topological polar surface area (TPSA) is 0 Å². The van der Waals surface area contributed by atoms with Crippen molar-refractivity contribution < 1.29 is 146 Å². The van der Waals surface area contributed by atoms with Crippen molar-refractivity contribution in [3.8, 4) is 0 Å². The van der Waals surface area contributed by atoms with Gasteiger partial charge in [0.15, 0.2) is 17.4 Å². The molecule has 0 saturated heterocycles. The van der Waals surface area contributed by atoms with E-state index in [0.717, 1.165) is 0 Å². The van der Waals surface area contributed by atoms with Crippen LogP contribution in [0.5, 0.6) is 0 Å². The summed E-state index contributed by atoms with van der Waals surface area (Å²) in [6, 6.07) is 0. The van der Waals surface area contributed by atoms with Crippen molar-refractivity contribution in [1.29, 1.82) is 0 Å². The third-order valence-electron chi connectivity index (χ3n) is 0. The molecule has 0 aromatic heterocycles. The predicted octanol–water partition coefficient (Wildman–Crippen LogP) is -3.95. The summed E-state index contributed by atoms with van der Waals surface area (Å²) in [4.78, 5) is 0. The minimum atomic E-state index is 0. The molecule has 0 saturated carbocycles. The Kier molecular flexibility index (Phi) is 1010. The standard InChI is InChI=1S/Al.B.Cr.Er.Fe.In.2Mn.H3Si.Ti.V.6H/h;;;;;;;;1H3;;;;;;;;. The van der Waals surface area contributed by atoms with Gasteiger partial charge in [-0.25, -0.2) is 0 Å². The molecule has 0 amide bonds. The van der Waals surface area contributed by atoms with Gasteiger partial charge in [-0.1, -0.05) is 0 Å². The van der Waals surface area contributed by atoms with Gasteiger partial charge >= 0.3 is 25.8 Å². The van der Waals surface area contributed by atoms with E-state index in [0.29, 0.717) is 0 Å². The second-order valence-corrected chi connectivity index (χ2v) is 0. The molecule has 0 aliphatic rings. The number of hydrogen-bond acceptors (Lipinski definition) is 0. The Balaban J connectivity index is 0. The van der Waals surface area contributed by atoms with Crippen molar-refractivity contribution in [2.45, 2.75) is 0 Å². The number of hydrogen-bond donors (Lipinski definition) is 0. The molecule has 0 spiro atoms. The molecule has 0 nitrogen and oxygen atoms in total. The van der Waals surface area contributed by atoms with Crippen LogP contribution in [0.1, 0.15) is 0 Å². The van der Waals surface area contributed by atoms with E-state index in [-0.39, 0.29) is 209 Å². The van der Waals surface area contributed by atoms with Gasteiger partial charge in [0.1, 0.15) is 0 Å². The fourth-order valence-electron chi connectivity index (χ4n) is 0. The molecule has 0 fully saturated rings. The average molecular weight is 674 g/mol. The van der Waals surface area contributed by atoms with Gasteiger partial charge < -0.3 is 0 Å². The third kappa shape index (κ3) is 83.8. The van der Waals surface area contributed by atoms with E-state index in [1.807, 2.05) is 0 Å². The zero-order valence-electron chi connectivity index (χ0n) is 4.33. The fraction of sp³-hybridized carbons (Fsp3) is 0. The maximum Gasteiger partial charge on any atom is 0 e. The Hall–Kier alpha value is 6.32. The molecule has 0 aliphatic heterocycles. The van der Waals surface area contributed by atoms with E-state index in [2.05, 4.69) is 0 Å². The molecule has 11 heavy (non-hydrogen) atoms. The van der Waals surface area contributed by atoms with Crippen LogP contribution >= 0.6 is 0 Å². The zero-order chi connectivity index (χ0) is 0. The summed E-state index contributed by atoms with van der Waals surface area (Å²) >= 11 is 0. The quantitative estimate of drug-likeness (QED) is 0.231. The minimum Gasteiger partial charge on any atom is -0.0125 e. The van der Waals surface area contributed by atoms with Crippen LogP contribution < -0.4 is 0 Å². The molecular formula is H9AlBCrErFeInMn2SiTiV. The normalized spacial score (nSPS) is 0. The van der Waals surface area contributed by atoms with Crippen molar-refractivity contribution in [3.63, 3.8) is 0 Å². The Bertz CT molecular complexity index is 36.1. The summed E-state index contributed by atoms with van der Waals surface area (Å²) in [6.07, 6.45) is 0. The van der Waals surface area contributed by atoms with Gasteiger partial charge in [0, 0.05) is 155 Å². The van der Waals surface area contributed by atoms with Gasteiger partial charge in [-0.2, -0.15) is 0 Å². The van der Waals surface area contributed by atoms with Crippen molar-refractivity contribution >= 4 is 62.6 Å². The van der Waals surface area contributed by atoms with Gasteiger partial charge in [-0.15, -0.1) is 0 Å². The van der Waals surface area contributed by atoms with Gasteiger partial charge in [-0.05, 0) is 11.0 Å². The van der Waals surface area contributed by atoms with Gasteiger partial charge in [0.25, 0.3) is 0 Å². The van der Waals surface area contributed by atoms with Crippen LogP contribution in [-0.4, -0.2) is 62.6 Å². The van der Waals surface area contributed by atoms with Gasteiger partial charge in [0.2, 0.25) is 0 Å². The SMILES string of the molecule is [AlH3].[B].[Cr].[Er].[Fe].[InH3].[Mn].[Mn].[SiH3].[Ti].[V]. The predicted molar refractivity (Wildman–Crippen MR) is 35.6 cm³/mol. The molecule has 0 atom stereocenters. The first-order chi connectivity index (χ1) is 0. The minimum absolute atomic E-state index is 0. The summed E-state index contributed by atoms with van der Waals surface area (Å²) in [5, 5.41) is 0. The van der Waals surface area contributed by atoms with Crippen LogP contribution in [0.3, 0.4) is 0 Å². The van der Waals surface area contributed by atoms with E-state index in [1.54, 1.807) is 0 Å². The fourth-order valence-corrected chi connectivity index (χ4v) is 0. The molecule has 0 N–H and O–H groups in total. The summed E-state index contributed by atoms with van der Waals surface area (Å²) < 4.78 is 0. The zero-order valence-corrected chi connectivity index (χ0v) is 15.9. The molecule has 0 heterocycles. The Morgan fingerprint density at radius 1 is 0.909 bits per heavy atom. The van der Waals surface area contributed by atoms with Gasteiger partial charge in [-0.3, -0.25) is 0 Å². The second-order valence-electron chi connectivity index (χ2n) is 0. The third-order valence-corrected chi connectivity index (χ3v) is 0. The first-order valence-electron chi connectivity index (χ1n) is 0. The molecular weight excluding hydrogens is 664 g/mol. The van der Waals surface area contributed by atoms with E-state index >= 15 is 0 Å². The van der Waals surface area contributed by atoms with Crippen LogP contribution in [0.2, 0.25) is 0 Å². The van der Waals surface area contributed by atoms with E-state index < -0.39 is 0 Å². The van der Waals surface area contributed by atoms with Crippen LogP contribution in [0.25, 0.3) is 0 Å².